The molecular weight excluding hydrogens is 275 g/mol. The maximum absolute atomic E-state index is 13.3. The van der Waals surface area contributed by atoms with E-state index in [2.05, 4.69) is 4.74 Å². The number of carbonyl (C=O) groups excluding carboxylic acids is 1. The van der Waals surface area contributed by atoms with Crippen LogP contribution in [-0.2, 0) is 20.9 Å². The lowest BCUT2D eigenvalue weighted by atomic mass is 10.2. The second kappa shape index (κ2) is 9.13. The second-order valence-corrected chi connectivity index (χ2v) is 4.48. The van der Waals surface area contributed by atoms with Crippen molar-refractivity contribution >= 4 is 5.97 Å². The SMILES string of the molecule is CCOC(=O)C(F)=CC[C@@H](C)OCc1ccc(OC)cc1. The van der Waals surface area contributed by atoms with Crippen LogP contribution in [0, 0.1) is 0 Å². The number of esters is 1. The van der Waals surface area contributed by atoms with Crippen molar-refractivity contribution in [1.82, 2.24) is 0 Å². The molecule has 1 aromatic carbocycles. The Bertz CT molecular complexity index is 468. The highest BCUT2D eigenvalue weighted by atomic mass is 19.1. The van der Waals surface area contributed by atoms with Crippen LogP contribution < -0.4 is 4.74 Å². The van der Waals surface area contributed by atoms with E-state index in [0.29, 0.717) is 13.0 Å². The molecule has 0 aliphatic heterocycles. The topological polar surface area (TPSA) is 44.8 Å². The normalized spacial score (nSPS) is 12.9. The summed E-state index contributed by atoms with van der Waals surface area (Å²) < 4.78 is 28.5. The Morgan fingerprint density at radius 2 is 2.00 bits per heavy atom. The minimum absolute atomic E-state index is 0.156. The van der Waals surface area contributed by atoms with Crippen LogP contribution in [0.5, 0.6) is 5.75 Å². The molecule has 0 radical (unpaired) electrons. The molecule has 0 amide bonds. The average molecular weight is 296 g/mol. The first-order valence-corrected chi connectivity index (χ1v) is 6.84. The molecule has 1 atom stereocenters. The van der Waals surface area contributed by atoms with Gasteiger partial charge in [-0.25, -0.2) is 4.79 Å². The van der Waals surface area contributed by atoms with E-state index in [-0.39, 0.29) is 12.7 Å². The number of halogens is 1. The van der Waals surface area contributed by atoms with E-state index in [1.54, 1.807) is 14.0 Å². The van der Waals surface area contributed by atoms with Gasteiger partial charge in [-0.2, -0.15) is 4.39 Å². The van der Waals surface area contributed by atoms with Gasteiger partial charge >= 0.3 is 5.97 Å². The largest absolute Gasteiger partial charge is 0.497 e. The first-order chi connectivity index (χ1) is 10.1. The second-order valence-electron chi connectivity index (χ2n) is 4.48. The Morgan fingerprint density at radius 1 is 1.33 bits per heavy atom. The van der Waals surface area contributed by atoms with Crippen LogP contribution in [0.15, 0.2) is 36.2 Å². The first-order valence-electron chi connectivity index (χ1n) is 6.84. The van der Waals surface area contributed by atoms with Crippen molar-refractivity contribution in [3.8, 4) is 5.75 Å². The number of hydrogen-bond donors (Lipinski definition) is 0. The Balaban J connectivity index is 2.37. The van der Waals surface area contributed by atoms with Gasteiger partial charge in [0.15, 0.2) is 0 Å². The lowest BCUT2D eigenvalue weighted by Crippen LogP contribution is -2.09. The van der Waals surface area contributed by atoms with Crippen molar-refractivity contribution in [2.75, 3.05) is 13.7 Å². The van der Waals surface area contributed by atoms with Crippen molar-refractivity contribution < 1.29 is 23.4 Å². The van der Waals surface area contributed by atoms with E-state index in [9.17, 15) is 9.18 Å². The van der Waals surface area contributed by atoms with Gasteiger partial charge in [-0.1, -0.05) is 12.1 Å². The van der Waals surface area contributed by atoms with E-state index in [1.165, 1.54) is 6.08 Å². The number of carbonyl (C=O) groups is 1. The quantitative estimate of drug-likeness (QED) is 0.545. The maximum Gasteiger partial charge on any atom is 0.366 e. The molecule has 5 heteroatoms. The van der Waals surface area contributed by atoms with Crippen LogP contribution in [0.2, 0.25) is 0 Å². The number of methoxy groups -OCH3 is 1. The smallest absolute Gasteiger partial charge is 0.366 e. The summed E-state index contributed by atoms with van der Waals surface area (Å²) in [4.78, 5) is 11.1. The molecule has 0 spiro atoms. The van der Waals surface area contributed by atoms with Gasteiger partial charge in [0.25, 0.3) is 0 Å². The molecule has 116 valence electrons. The van der Waals surface area contributed by atoms with Crippen LogP contribution >= 0.6 is 0 Å². The van der Waals surface area contributed by atoms with E-state index >= 15 is 0 Å². The van der Waals surface area contributed by atoms with Crippen LogP contribution in [0.3, 0.4) is 0 Å². The predicted octanol–water partition coefficient (Wildman–Crippen LogP) is 3.41. The molecule has 0 bridgehead atoms. The molecule has 0 saturated heterocycles. The molecule has 21 heavy (non-hydrogen) atoms. The Labute approximate surface area is 124 Å². The number of rotatable bonds is 8. The van der Waals surface area contributed by atoms with Crippen molar-refractivity contribution in [3.63, 3.8) is 0 Å². The number of benzene rings is 1. The predicted molar refractivity (Wildman–Crippen MR) is 77.7 cm³/mol. The van der Waals surface area contributed by atoms with Crippen molar-refractivity contribution in [3.05, 3.63) is 41.7 Å². The molecule has 0 N–H and O–H groups in total. The van der Waals surface area contributed by atoms with Crippen LogP contribution in [0.4, 0.5) is 4.39 Å². The van der Waals surface area contributed by atoms with Crippen LogP contribution in [0.25, 0.3) is 0 Å². The minimum Gasteiger partial charge on any atom is -0.497 e. The third kappa shape index (κ3) is 6.40. The minimum atomic E-state index is -0.931. The lowest BCUT2D eigenvalue weighted by molar-refractivity contribution is -0.140. The highest BCUT2D eigenvalue weighted by molar-refractivity contribution is 5.85. The van der Waals surface area contributed by atoms with Gasteiger partial charge in [-0.3, -0.25) is 0 Å². The van der Waals surface area contributed by atoms with Crippen molar-refractivity contribution in [2.45, 2.75) is 33.0 Å². The summed E-state index contributed by atoms with van der Waals surface area (Å²) in [5.41, 5.74) is 0.998. The fourth-order valence-electron chi connectivity index (χ4n) is 1.58. The van der Waals surface area contributed by atoms with Gasteiger partial charge < -0.3 is 14.2 Å². The molecule has 0 heterocycles. The summed E-state index contributed by atoms with van der Waals surface area (Å²) in [6, 6.07) is 7.51. The molecule has 0 unspecified atom stereocenters. The van der Waals surface area contributed by atoms with E-state index in [1.807, 2.05) is 31.2 Å². The van der Waals surface area contributed by atoms with Crippen LogP contribution in [-0.4, -0.2) is 25.8 Å². The third-order valence-electron chi connectivity index (χ3n) is 2.79. The molecular formula is C16H21FO4. The highest BCUT2D eigenvalue weighted by Crippen LogP contribution is 2.13. The summed E-state index contributed by atoms with van der Waals surface area (Å²) in [7, 11) is 1.61. The molecule has 0 aliphatic rings. The standard InChI is InChI=1S/C16H21FO4/c1-4-20-16(18)15(17)10-5-12(2)21-11-13-6-8-14(19-3)9-7-13/h6-10,12H,4-5,11H2,1-3H3/t12-/m1/s1. The zero-order chi connectivity index (χ0) is 15.7. The average Bonchev–Trinajstić information content (AvgIpc) is 2.51. The molecule has 0 fully saturated rings. The molecule has 0 aromatic heterocycles. The summed E-state index contributed by atoms with van der Waals surface area (Å²) in [6.45, 7) is 4.02. The summed E-state index contributed by atoms with van der Waals surface area (Å²) in [5, 5.41) is 0. The first kappa shape index (κ1) is 17.2. The summed E-state index contributed by atoms with van der Waals surface area (Å²) in [6.07, 6.45) is 1.30. The molecule has 4 nitrogen and oxygen atoms in total. The Morgan fingerprint density at radius 3 is 2.57 bits per heavy atom. The van der Waals surface area contributed by atoms with Gasteiger partial charge in [0.2, 0.25) is 5.83 Å². The molecule has 0 saturated carbocycles. The fraction of sp³-hybridized carbons (Fsp3) is 0.438. The van der Waals surface area contributed by atoms with E-state index in [4.69, 9.17) is 9.47 Å². The van der Waals surface area contributed by atoms with Crippen LogP contribution in [0.1, 0.15) is 25.8 Å². The fourth-order valence-corrected chi connectivity index (χ4v) is 1.58. The van der Waals surface area contributed by atoms with Crippen molar-refractivity contribution in [2.24, 2.45) is 0 Å². The van der Waals surface area contributed by atoms with E-state index < -0.39 is 11.8 Å². The highest BCUT2D eigenvalue weighted by Gasteiger charge is 2.10. The Hall–Kier alpha value is -1.88. The molecule has 0 aliphatic carbocycles. The monoisotopic (exact) mass is 296 g/mol. The summed E-state index contributed by atoms with van der Waals surface area (Å²) in [5.74, 6) is -1.03. The van der Waals surface area contributed by atoms with Gasteiger partial charge in [-0.05, 0) is 44.0 Å². The van der Waals surface area contributed by atoms with Gasteiger partial charge in [0.05, 0.1) is 26.4 Å². The molecule has 1 aromatic rings. The Kier molecular flexibility index (Phi) is 7.46. The third-order valence-corrected chi connectivity index (χ3v) is 2.79. The lowest BCUT2D eigenvalue weighted by Gasteiger charge is -2.11. The van der Waals surface area contributed by atoms with Gasteiger partial charge in [-0.15, -0.1) is 0 Å². The summed E-state index contributed by atoms with van der Waals surface area (Å²) >= 11 is 0. The van der Waals surface area contributed by atoms with Gasteiger partial charge in [0, 0.05) is 0 Å². The van der Waals surface area contributed by atoms with E-state index in [0.717, 1.165) is 11.3 Å². The zero-order valence-corrected chi connectivity index (χ0v) is 12.6. The molecule has 1 rings (SSSR count). The van der Waals surface area contributed by atoms with Gasteiger partial charge in [0.1, 0.15) is 5.75 Å². The number of ether oxygens (including phenoxy) is 3. The zero-order valence-electron chi connectivity index (χ0n) is 12.6. The maximum atomic E-state index is 13.3. The number of hydrogen-bond acceptors (Lipinski definition) is 4. The van der Waals surface area contributed by atoms with Crippen molar-refractivity contribution in [1.29, 1.82) is 0 Å².